The van der Waals surface area contributed by atoms with Gasteiger partial charge in [-0.05, 0) is 18.8 Å². The number of hydrogen-bond donors (Lipinski definition) is 2. The summed E-state index contributed by atoms with van der Waals surface area (Å²) < 4.78 is 0. The van der Waals surface area contributed by atoms with Crippen molar-refractivity contribution < 1.29 is 0 Å². The molecule has 1 aromatic heterocycles. The van der Waals surface area contributed by atoms with Crippen LogP contribution in [-0.4, -0.2) is 16.0 Å². The molecule has 0 spiro atoms. The molecule has 0 saturated heterocycles. The van der Waals surface area contributed by atoms with Gasteiger partial charge < -0.3 is 10.3 Å². The molecule has 14 heavy (non-hydrogen) atoms. The van der Waals surface area contributed by atoms with Crippen molar-refractivity contribution >= 4 is 5.95 Å². The SMILES string of the molecule is CCC1CCCC(Nc2ncc[nH]2)C1. The molecule has 0 bridgehead atoms. The Morgan fingerprint density at radius 2 is 2.50 bits per heavy atom. The van der Waals surface area contributed by atoms with Crippen LogP contribution >= 0.6 is 0 Å². The maximum Gasteiger partial charge on any atom is 0.200 e. The Labute approximate surface area is 85.3 Å². The topological polar surface area (TPSA) is 40.7 Å². The lowest BCUT2D eigenvalue weighted by Gasteiger charge is -2.28. The van der Waals surface area contributed by atoms with Crippen molar-refractivity contribution in [1.29, 1.82) is 0 Å². The van der Waals surface area contributed by atoms with Crippen molar-refractivity contribution in [2.24, 2.45) is 5.92 Å². The fraction of sp³-hybridized carbons (Fsp3) is 0.727. The number of nitrogens with one attached hydrogen (secondary N) is 2. The van der Waals surface area contributed by atoms with Gasteiger partial charge in [0, 0.05) is 18.4 Å². The minimum absolute atomic E-state index is 0.625. The van der Waals surface area contributed by atoms with E-state index in [2.05, 4.69) is 22.2 Å². The fourth-order valence-electron chi connectivity index (χ4n) is 2.33. The molecule has 0 radical (unpaired) electrons. The summed E-state index contributed by atoms with van der Waals surface area (Å²) in [5.74, 6) is 1.84. The molecule has 2 rings (SSSR count). The summed E-state index contributed by atoms with van der Waals surface area (Å²) in [4.78, 5) is 7.29. The van der Waals surface area contributed by atoms with Gasteiger partial charge >= 0.3 is 0 Å². The molecular formula is C11H19N3. The minimum Gasteiger partial charge on any atom is -0.353 e. The Bertz CT molecular complexity index is 256. The van der Waals surface area contributed by atoms with E-state index in [1.54, 1.807) is 6.20 Å². The Hall–Kier alpha value is -0.990. The second kappa shape index (κ2) is 4.49. The summed E-state index contributed by atoms with van der Waals surface area (Å²) in [5, 5.41) is 3.46. The van der Waals surface area contributed by atoms with E-state index in [1.807, 2.05) is 6.20 Å². The quantitative estimate of drug-likeness (QED) is 0.775. The third kappa shape index (κ3) is 2.28. The second-order valence-corrected chi connectivity index (χ2v) is 4.22. The van der Waals surface area contributed by atoms with Gasteiger partial charge in [0.15, 0.2) is 5.95 Å². The average molecular weight is 193 g/mol. The first kappa shape index (κ1) is 9.56. The standard InChI is InChI=1S/C11H19N3/c1-2-9-4-3-5-10(8-9)14-11-12-6-7-13-11/h6-7,9-10H,2-5,8H2,1H3,(H2,12,13,14). The van der Waals surface area contributed by atoms with Crippen LogP contribution in [0.2, 0.25) is 0 Å². The van der Waals surface area contributed by atoms with Gasteiger partial charge in [-0.1, -0.05) is 26.2 Å². The summed E-state index contributed by atoms with van der Waals surface area (Å²) >= 11 is 0. The van der Waals surface area contributed by atoms with Gasteiger partial charge in [-0.3, -0.25) is 0 Å². The Morgan fingerprint density at radius 3 is 3.21 bits per heavy atom. The molecule has 0 aliphatic heterocycles. The first-order valence-corrected chi connectivity index (χ1v) is 5.64. The zero-order chi connectivity index (χ0) is 9.80. The van der Waals surface area contributed by atoms with Crippen molar-refractivity contribution in [2.75, 3.05) is 5.32 Å². The zero-order valence-corrected chi connectivity index (χ0v) is 8.79. The average Bonchev–Trinajstić information content (AvgIpc) is 2.71. The van der Waals surface area contributed by atoms with E-state index in [0.29, 0.717) is 6.04 Å². The Kier molecular flexibility index (Phi) is 3.07. The van der Waals surface area contributed by atoms with Crippen LogP contribution < -0.4 is 5.32 Å². The molecule has 78 valence electrons. The van der Waals surface area contributed by atoms with Crippen LogP contribution in [0.25, 0.3) is 0 Å². The number of anilines is 1. The Morgan fingerprint density at radius 1 is 1.57 bits per heavy atom. The number of H-pyrrole nitrogens is 1. The van der Waals surface area contributed by atoms with Crippen molar-refractivity contribution in [3.05, 3.63) is 12.4 Å². The largest absolute Gasteiger partial charge is 0.353 e. The lowest BCUT2D eigenvalue weighted by Crippen LogP contribution is -2.27. The van der Waals surface area contributed by atoms with E-state index in [0.717, 1.165) is 11.9 Å². The van der Waals surface area contributed by atoms with E-state index < -0.39 is 0 Å². The number of nitrogens with zero attached hydrogens (tertiary/aromatic N) is 1. The molecule has 0 aromatic carbocycles. The van der Waals surface area contributed by atoms with Crippen LogP contribution in [0.3, 0.4) is 0 Å². The number of hydrogen-bond acceptors (Lipinski definition) is 2. The van der Waals surface area contributed by atoms with E-state index in [-0.39, 0.29) is 0 Å². The number of rotatable bonds is 3. The van der Waals surface area contributed by atoms with Gasteiger partial charge in [0.05, 0.1) is 0 Å². The molecule has 1 saturated carbocycles. The fourth-order valence-corrected chi connectivity index (χ4v) is 2.33. The maximum atomic E-state index is 4.19. The molecule has 1 aliphatic carbocycles. The highest BCUT2D eigenvalue weighted by molar-refractivity contribution is 5.24. The maximum absolute atomic E-state index is 4.19. The van der Waals surface area contributed by atoms with E-state index in [9.17, 15) is 0 Å². The summed E-state index contributed by atoms with van der Waals surface area (Å²) in [6, 6.07) is 0.625. The van der Waals surface area contributed by atoms with Crippen LogP contribution in [0.15, 0.2) is 12.4 Å². The van der Waals surface area contributed by atoms with Crippen LogP contribution in [0.1, 0.15) is 39.0 Å². The molecule has 1 heterocycles. The van der Waals surface area contributed by atoms with E-state index >= 15 is 0 Å². The normalized spacial score (nSPS) is 27.5. The highest BCUT2D eigenvalue weighted by Gasteiger charge is 2.20. The first-order valence-electron chi connectivity index (χ1n) is 5.64. The molecule has 1 aliphatic rings. The lowest BCUT2D eigenvalue weighted by molar-refractivity contribution is 0.326. The van der Waals surface area contributed by atoms with E-state index in [4.69, 9.17) is 0 Å². The van der Waals surface area contributed by atoms with Gasteiger partial charge in [-0.25, -0.2) is 4.98 Å². The number of aromatic amines is 1. The third-order valence-corrected chi connectivity index (χ3v) is 3.20. The summed E-state index contributed by atoms with van der Waals surface area (Å²) in [7, 11) is 0. The molecule has 2 atom stereocenters. The highest BCUT2D eigenvalue weighted by atomic mass is 15.1. The minimum atomic E-state index is 0.625. The predicted octanol–water partition coefficient (Wildman–Crippen LogP) is 2.79. The van der Waals surface area contributed by atoms with Crippen molar-refractivity contribution in [1.82, 2.24) is 9.97 Å². The molecule has 2 unspecified atom stereocenters. The zero-order valence-electron chi connectivity index (χ0n) is 8.79. The van der Waals surface area contributed by atoms with Crippen LogP contribution in [-0.2, 0) is 0 Å². The van der Waals surface area contributed by atoms with Crippen molar-refractivity contribution in [2.45, 2.75) is 45.1 Å². The molecule has 2 N–H and O–H groups in total. The number of imidazole rings is 1. The van der Waals surface area contributed by atoms with Gasteiger partial charge in [0.25, 0.3) is 0 Å². The molecule has 1 fully saturated rings. The summed E-state index contributed by atoms with van der Waals surface area (Å²) in [5.41, 5.74) is 0. The van der Waals surface area contributed by atoms with Gasteiger partial charge in [-0.2, -0.15) is 0 Å². The highest BCUT2D eigenvalue weighted by Crippen LogP contribution is 2.27. The lowest BCUT2D eigenvalue weighted by atomic mass is 9.84. The first-order chi connectivity index (χ1) is 6.88. The van der Waals surface area contributed by atoms with Crippen LogP contribution in [0, 0.1) is 5.92 Å². The monoisotopic (exact) mass is 193 g/mol. The number of aromatic nitrogens is 2. The predicted molar refractivity (Wildman–Crippen MR) is 58.2 cm³/mol. The third-order valence-electron chi connectivity index (χ3n) is 3.20. The summed E-state index contributed by atoms with van der Waals surface area (Å²) in [6.07, 6.45) is 10.3. The van der Waals surface area contributed by atoms with Gasteiger partial charge in [-0.15, -0.1) is 0 Å². The molecule has 0 amide bonds. The molecule has 1 aromatic rings. The van der Waals surface area contributed by atoms with Crippen LogP contribution in [0.5, 0.6) is 0 Å². The smallest absolute Gasteiger partial charge is 0.200 e. The van der Waals surface area contributed by atoms with Gasteiger partial charge in [0.1, 0.15) is 0 Å². The van der Waals surface area contributed by atoms with Crippen molar-refractivity contribution in [3.8, 4) is 0 Å². The Balaban J connectivity index is 1.86. The van der Waals surface area contributed by atoms with Crippen molar-refractivity contribution in [3.63, 3.8) is 0 Å². The molecular weight excluding hydrogens is 174 g/mol. The summed E-state index contributed by atoms with van der Waals surface area (Å²) in [6.45, 7) is 2.29. The van der Waals surface area contributed by atoms with Gasteiger partial charge in [0.2, 0.25) is 0 Å². The van der Waals surface area contributed by atoms with Crippen LogP contribution in [0.4, 0.5) is 5.95 Å². The second-order valence-electron chi connectivity index (χ2n) is 4.22. The van der Waals surface area contributed by atoms with E-state index in [1.165, 1.54) is 32.1 Å². The molecule has 3 heteroatoms. The molecule has 3 nitrogen and oxygen atoms in total.